The van der Waals surface area contributed by atoms with Gasteiger partial charge in [-0.3, -0.25) is 9.20 Å². The van der Waals surface area contributed by atoms with Crippen LogP contribution in [-0.4, -0.2) is 31.4 Å². The summed E-state index contributed by atoms with van der Waals surface area (Å²) in [4.78, 5) is 12.4. The van der Waals surface area contributed by atoms with Crippen molar-refractivity contribution in [3.05, 3.63) is 83.1 Å². The van der Waals surface area contributed by atoms with E-state index in [9.17, 15) is 15.2 Å². The lowest BCUT2D eigenvalue weighted by molar-refractivity contribution is -0.117. The molecule has 0 aliphatic heterocycles. The van der Waals surface area contributed by atoms with E-state index >= 15 is 0 Å². The number of nitrogens with zero attached hydrogens (tertiary/aromatic N) is 4. The first kappa shape index (κ1) is 20.4. The first-order valence-electron chi connectivity index (χ1n) is 9.59. The van der Waals surface area contributed by atoms with E-state index in [2.05, 4.69) is 15.5 Å². The van der Waals surface area contributed by atoms with E-state index in [1.165, 1.54) is 11.8 Å². The van der Waals surface area contributed by atoms with Gasteiger partial charge in [-0.05, 0) is 30.2 Å². The maximum atomic E-state index is 12.4. The molecule has 7 nitrogen and oxygen atoms in total. The number of carbonyl (C=O) groups is 1. The molecule has 2 N–H and O–H groups in total. The number of nitrogens with one attached hydrogen (secondary N) is 1. The van der Waals surface area contributed by atoms with Crippen molar-refractivity contribution in [1.29, 1.82) is 5.26 Å². The number of hydrogen-bond acceptors (Lipinski definition) is 6. The average Bonchev–Trinajstić information content (AvgIpc) is 3.20. The Bertz CT molecular complexity index is 1340. The summed E-state index contributed by atoms with van der Waals surface area (Å²) in [6.45, 7) is 2.29. The Balaban J connectivity index is 1.54. The zero-order chi connectivity index (χ0) is 21.8. The molecule has 2 aromatic heterocycles. The number of carbonyl (C=O) groups excluding carboxylic acids is 1. The van der Waals surface area contributed by atoms with Gasteiger partial charge in [0.2, 0.25) is 0 Å². The Labute approximate surface area is 183 Å². The summed E-state index contributed by atoms with van der Waals surface area (Å²) in [6, 6.07) is 21.0. The molecule has 1 amide bonds. The molecule has 8 heteroatoms. The number of nitriles is 1. The van der Waals surface area contributed by atoms with Crippen molar-refractivity contribution in [2.45, 2.75) is 18.6 Å². The Morgan fingerprint density at radius 1 is 1.16 bits per heavy atom. The van der Waals surface area contributed by atoms with Gasteiger partial charge in [0.25, 0.3) is 5.91 Å². The fourth-order valence-corrected chi connectivity index (χ4v) is 4.12. The molecule has 0 spiro atoms. The molecule has 2 aromatic carbocycles. The lowest BCUT2D eigenvalue weighted by atomic mass is 10.1. The monoisotopic (exact) mass is 429 g/mol. The fraction of sp³-hybridized carbons (Fsp3) is 0.130. The maximum absolute atomic E-state index is 12.4. The van der Waals surface area contributed by atoms with E-state index in [0.29, 0.717) is 10.8 Å². The number of aliphatic hydroxyl groups excluding tert-OH is 1. The van der Waals surface area contributed by atoms with Crippen LogP contribution in [0.3, 0.4) is 0 Å². The van der Waals surface area contributed by atoms with E-state index in [1.807, 2.05) is 72.0 Å². The second kappa shape index (κ2) is 8.90. The average molecular weight is 430 g/mol. The van der Waals surface area contributed by atoms with E-state index < -0.39 is 5.91 Å². The molecule has 0 atom stereocenters. The molecule has 2 heterocycles. The summed E-state index contributed by atoms with van der Waals surface area (Å²) < 4.78 is 1.90. The predicted octanol–water partition coefficient (Wildman–Crippen LogP) is 3.94. The van der Waals surface area contributed by atoms with Crippen LogP contribution < -0.4 is 5.32 Å². The number of aromatic nitrogens is 3. The normalized spacial score (nSPS) is 11.9. The van der Waals surface area contributed by atoms with Gasteiger partial charge in [0, 0.05) is 11.9 Å². The third kappa shape index (κ3) is 4.22. The highest BCUT2D eigenvalue weighted by Gasteiger charge is 2.17. The van der Waals surface area contributed by atoms with Crippen molar-refractivity contribution < 1.29 is 9.90 Å². The number of aliphatic hydroxyl groups is 1. The first-order valence-corrected chi connectivity index (χ1v) is 10.6. The van der Waals surface area contributed by atoms with Crippen molar-refractivity contribution in [2.75, 3.05) is 5.75 Å². The minimum Gasteiger partial charge on any atom is -0.510 e. The SMILES string of the molecule is Cc1cc2nnc(SCC(O)=C(C#N)C(=O)NCc3ccccc3)n2c2ccccc12. The van der Waals surface area contributed by atoms with Gasteiger partial charge in [-0.2, -0.15) is 5.26 Å². The molecule has 31 heavy (non-hydrogen) atoms. The standard InChI is InChI=1S/C23H19N5O2S/c1-15-11-21-26-27-23(28(21)19-10-6-5-9-17(15)19)31-14-20(29)18(12-24)22(30)25-13-16-7-3-2-4-8-16/h2-11,29H,13-14H2,1H3,(H,25,30). The third-order valence-corrected chi connectivity index (χ3v) is 5.78. The van der Waals surface area contributed by atoms with Crippen molar-refractivity contribution in [3.8, 4) is 6.07 Å². The molecule has 0 unspecified atom stereocenters. The molecule has 0 aliphatic carbocycles. The highest BCUT2D eigenvalue weighted by atomic mass is 32.2. The number of rotatable bonds is 6. The second-order valence-electron chi connectivity index (χ2n) is 6.91. The van der Waals surface area contributed by atoms with E-state index in [4.69, 9.17) is 0 Å². The third-order valence-electron chi connectivity index (χ3n) is 4.84. The summed E-state index contributed by atoms with van der Waals surface area (Å²) in [7, 11) is 0. The Morgan fingerprint density at radius 3 is 2.68 bits per heavy atom. The van der Waals surface area contributed by atoms with Crippen molar-refractivity contribution in [3.63, 3.8) is 0 Å². The summed E-state index contributed by atoms with van der Waals surface area (Å²) in [6.07, 6.45) is 0. The van der Waals surface area contributed by atoms with Crippen LogP contribution in [-0.2, 0) is 11.3 Å². The molecule has 4 rings (SSSR count). The number of aryl methyl sites for hydroxylation is 1. The van der Waals surface area contributed by atoms with Crippen LogP contribution >= 0.6 is 11.8 Å². The Kier molecular flexibility index (Phi) is 5.87. The molecule has 0 fully saturated rings. The van der Waals surface area contributed by atoms with Crippen LogP contribution in [0, 0.1) is 18.3 Å². The van der Waals surface area contributed by atoms with Gasteiger partial charge in [0.1, 0.15) is 11.8 Å². The smallest absolute Gasteiger partial charge is 0.265 e. The number of benzene rings is 2. The van der Waals surface area contributed by atoms with Gasteiger partial charge in [-0.25, -0.2) is 0 Å². The van der Waals surface area contributed by atoms with Crippen molar-refractivity contribution in [2.24, 2.45) is 0 Å². The van der Waals surface area contributed by atoms with Gasteiger partial charge in [-0.1, -0.05) is 60.3 Å². The van der Waals surface area contributed by atoms with Crippen LogP contribution in [0.5, 0.6) is 0 Å². The number of thioether (sulfide) groups is 1. The minimum atomic E-state index is -0.614. The largest absolute Gasteiger partial charge is 0.510 e. The summed E-state index contributed by atoms with van der Waals surface area (Å²) in [5.41, 5.74) is 3.34. The highest BCUT2D eigenvalue weighted by Crippen LogP contribution is 2.26. The Morgan fingerprint density at radius 2 is 1.90 bits per heavy atom. The zero-order valence-corrected chi connectivity index (χ0v) is 17.6. The predicted molar refractivity (Wildman–Crippen MR) is 120 cm³/mol. The second-order valence-corrected chi connectivity index (χ2v) is 7.85. The Hall–Kier alpha value is -3.83. The number of fused-ring (bicyclic) bond motifs is 3. The minimum absolute atomic E-state index is 0.0185. The van der Waals surface area contributed by atoms with Gasteiger partial charge in [0.05, 0.1) is 11.3 Å². The number of hydrogen-bond donors (Lipinski definition) is 2. The highest BCUT2D eigenvalue weighted by molar-refractivity contribution is 7.99. The van der Waals surface area contributed by atoms with E-state index in [0.717, 1.165) is 22.0 Å². The molecule has 154 valence electrons. The number of pyridine rings is 1. The molecule has 0 saturated carbocycles. The summed E-state index contributed by atoms with van der Waals surface area (Å²) >= 11 is 1.21. The van der Waals surface area contributed by atoms with Gasteiger partial charge < -0.3 is 10.4 Å². The van der Waals surface area contributed by atoms with Crippen LogP contribution in [0.25, 0.3) is 16.6 Å². The van der Waals surface area contributed by atoms with E-state index in [1.54, 1.807) is 6.07 Å². The van der Waals surface area contributed by atoms with Crippen molar-refractivity contribution >= 4 is 34.2 Å². The number of amides is 1. The van der Waals surface area contributed by atoms with Gasteiger partial charge in [0.15, 0.2) is 16.4 Å². The topological polar surface area (TPSA) is 103 Å². The summed E-state index contributed by atoms with van der Waals surface area (Å²) in [5.74, 6) is -0.896. The van der Waals surface area contributed by atoms with E-state index in [-0.39, 0.29) is 23.6 Å². The molecule has 0 saturated heterocycles. The van der Waals surface area contributed by atoms with Gasteiger partial charge in [-0.15, -0.1) is 10.2 Å². The first-order chi connectivity index (χ1) is 15.1. The maximum Gasteiger partial charge on any atom is 0.265 e. The molecular weight excluding hydrogens is 410 g/mol. The molecular formula is C23H19N5O2S. The van der Waals surface area contributed by atoms with Crippen LogP contribution in [0.1, 0.15) is 11.1 Å². The zero-order valence-electron chi connectivity index (χ0n) is 16.7. The van der Waals surface area contributed by atoms with Crippen LogP contribution in [0.15, 0.2) is 77.2 Å². The molecule has 0 aliphatic rings. The molecule has 0 radical (unpaired) electrons. The lowest BCUT2D eigenvalue weighted by Gasteiger charge is -2.08. The summed E-state index contributed by atoms with van der Waals surface area (Å²) in [5, 5.41) is 32.6. The fourth-order valence-electron chi connectivity index (χ4n) is 3.29. The molecule has 0 bridgehead atoms. The quantitative estimate of drug-likeness (QED) is 0.208. The van der Waals surface area contributed by atoms with Gasteiger partial charge >= 0.3 is 0 Å². The molecule has 4 aromatic rings. The number of para-hydroxylation sites is 1. The van der Waals surface area contributed by atoms with Crippen LogP contribution in [0.4, 0.5) is 0 Å². The van der Waals surface area contributed by atoms with Crippen molar-refractivity contribution in [1.82, 2.24) is 19.9 Å². The lowest BCUT2D eigenvalue weighted by Crippen LogP contribution is -2.25. The van der Waals surface area contributed by atoms with Crippen LogP contribution in [0.2, 0.25) is 0 Å².